The summed E-state index contributed by atoms with van der Waals surface area (Å²) in [4.78, 5) is 48.2. The van der Waals surface area contributed by atoms with Gasteiger partial charge in [0.15, 0.2) is 11.5 Å². The lowest BCUT2D eigenvalue weighted by molar-refractivity contribution is -0.119. The summed E-state index contributed by atoms with van der Waals surface area (Å²) >= 11 is 1.06. The summed E-state index contributed by atoms with van der Waals surface area (Å²) in [6.45, 7) is 1.70. The number of aryl methyl sites for hydroxylation is 2. The summed E-state index contributed by atoms with van der Waals surface area (Å²) in [5.74, 6) is -0.703. The van der Waals surface area contributed by atoms with Crippen LogP contribution in [0.3, 0.4) is 0 Å². The SMILES string of the molecule is Cc1cc(NC(=O)CSCC(=O)NNC(=O)c2nn(C)c(=O)c3ccccc23)no1. The van der Waals surface area contributed by atoms with Gasteiger partial charge in [-0.2, -0.15) is 5.10 Å². The number of fused-ring (bicyclic) bond motifs is 1. The minimum Gasteiger partial charge on any atom is -0.360 e. The number of thioether (sulfide) groups is 1. The second-order valence-electron chi connectivity index (χ2n) is 6.19. The monoisotopic (exact) mass is 430 g/mol. The fraction of sp³-hybridized carbons (Fsp3) is 0.222. The Bertz CT molecular complexity index is 1170. The minimum absolute atomic E-state index is 0.00272. The van der Waals surface area contributed by atoms with Gasteiger partial charge in [-0.1, -0.05) is 23.4 Å². The molecule has 0 atom stereocenters. The fourth-order valence-corrected chi connectivity index (χ4v) is 3.15. The van der Waals surface area contributed by atoms with E-state index in [0.29, 0.717) is 22.4 Å². The molecule has 0 aliphatic carbocycles. The van der Waals surface area contributed by atoms with Crippen LogP contribution in [0.15, 0.2) is 39.6 Å². The molecule has 0 radical (unpaired) electrons. The Hall–Kier alpha value is -3.67. The number of anilines is 1. The third kappa shape index (κ3) is 5.03. The number of benzene rings is 1. The second kappa shape index (κ2) is 9.22. The van der Waals surface area contributed by atoms with E-state index in [4.69, 9.17) is 4.52 Å². The van der Waals surface area contributed by atoms with Gasteiger partial charge in [-0.05, 0) is 13.0 Å². The molecular weight excluding hydrogens is 412 g/mol. The van der Waals surface area contributed by atoms with Gasteiger partial charge in [-0.15, -0.1) is 11.8 Å². The average Bonchev–Trinajstić information content (AvgIpc) is 3.13. The van der Waals surface area contributed by atoms with E-state index >= 15 is 0 Å². The summed E-state index contributed by atoms with van der Waals surface area (Å²) in [5, 5.41) is 10.9. The van der Waals surface area contributed by atoms with E-state index in [0.717, 1.165) is 16.4 Å². The molecule has 0 spiro atoms. The van der Waals surface area contributed by atoms with Crippen molar-refractivity contribution in [2.45, 2.75) is 6.92 Å². The van der Waals surface area contributed by atoms with Crippen LogP contribution >= 0.6 is 11.8 Å². The first-order chi connectivity index (χ1) is 14.3. The van der Waals surface area contributed by atoms with E-state index in [9.17, 15) is 19.2 Å². The third-order valence-electron chi connectivity index (χ3n) is 3.85. The average molecular weight is 430 g/mol. The van der Waals surface area contributed by atoms with Gasteiger partial charge in [0.1, 0.15) is 5.76 Å². The van der Waals surface area contributed by atoms with Crippen LogP contribution < -0.4 is 21.7 Å². The van der Waals surface area contributed by atoms with Crippen molar-refractivity contribution in [3.8, 4) is 0 Å². The van der Waals surface area contributed by atoms with Gasteiger partial charge in [0.25, 0.3) is 11.5 Å². The maximum absolute atomic E-state index is 12.4. The molecule has 3 rings (SSSR count). The highest BCUT2D eigenvalue weighted by Gasteiger charge is 2.16. The number of hydrogen-bond acceptors (Lipinski definition) is 8. The number of carbonyl (C=O) groups excluding carboxylic acids is 3. The Morgan fingerprint density at radius 2 is 1.80 bits per heavy atom. The topological polar surface area (TPSA) is 148 Å². The molecule has 0 fully saturated rings. The predicted octanol–water partition coefficient (Wildman–Crippen LogP) is 0.363. The van der Waals surface area contributed by atoms with Crippen LogP contribution in [0, 0.1) is 6.92 Å². The molecule has 0 unspecified atom stereocenters. The fourth-order valence-electron chi connectivity index (χ4n) is 2.53. The van der Waals surface area contributed by atoms with Crippen molar-refractivity contribution in [3.05, 3.63) is 52.1 Å². The molecule has 0 saturated heterocycles. The molecule has 0 bridgehead atoms. The van der Waals surface area contributed by atoms with Crippen molar-refractivity contribution < 1.29 is 18.9 Å². The normalized spacial score (nSPS) is 10.6. The molecule has 1 aromatic carbocycles. The van der Waals surface area contributed by atoms with Gasteiger partial charge >= 0.3 is 0 Å². The maximum atomic E-state index is 12.4. The molecule has 12 heteroatoms. The number of nitrogens with zero attached hydrogens (tertiary/aromatic N) is 3. The number of rotatable bonds is 6. The summed E-state index contributed by atoms with van der Waals surface area (Å²) < 4.78 is 5.90. The molecule has 3 N–H and O–H groups in total. The minimum atomic E-state index is -0.667. The zero-order valence-corrected chi connectivity index (χ0v) is 16.9. The molecular formula is C18H18N6O5S. The zero-order valence-electron chi connectivity index (χ0n) is 16.1. The van der Waals surface area contributed by atoms with Gasteiger partial charge in [0.05, 0.1) is 16.9 Å². The zero-order chi connectivity index (χ0) is 21.7. The summed E-state index contributed by atoms with van der Waals surface area (Å²) in [5.41, 5.74) is 4.20. The predicted molar refractivity (Wildman–Crippen MR) is 110 cm³/mol. The van der Waals surface area contributed by atoms with Crippen molar-refractivity contribution >= 4 is 46.1 Å². The molecule has 156 valence electrons. The Kier molecular flexibility index (Phi) is 6.47. The van der Waals surface area contributed by atoms with E-state index in [2.05, 4.69) is 26.4 Å². The number of amides is 3. The first-order valence-electron chi connectivity index (χ1n) is 8.71. The number of aromatic nitrogens is 3. The summed E-state index contributed by atoms with van der Waals surface area (Å²) in [7, 11) is 1.44. The van der Waals surface area contributed by atoms with Crippen LogP contribution in [0.2, 0.25) is 0 Å². The van der Waals surface area contributed by atoms with Crippen molar-refractivity contribution in [3.63, 3.8) is 0 Å². The molecule has 3 aromatic rings. The van der Waals surface area contributed by atoms with Gasteiger partial charge in [0, 0.05) is 18.5 Å². The van der Waals surface area contributed by atoms with Crippen LogP contribution in [0.4, 0.5) is 5.82 Å². The third-order valence-corrected chi connectivity index (χ3v) is 4.78. The van der Waals surface area contributed by atoms with E-state index in [-0.39, 0.29) is 28.7 Å². The van der Waals surface area contributed by atoms with Crippen LogP contribution in [0.1, 0.15) is 16.2 Å². The standard InChI is InChI=1S/C18H18N6O5S/c1-10-7-13(23-29-10)19-14(25)8-30-9-15(26)20-21-17(27)16-11-5-3-4-6-12(11)18(28)24(2)22-16/h3-7H,8-9H2,1-2H3,(H,20,26)(H,21,27)(H,19,23,25). The molecule has 0 aliphatic rings. The highest BCUT2D eigenvalue weighted by atomic mass is 32.2. The van der Waals surface area contributed by atoms with Crippen LogP contribution in [0.25, 0.3) is 10.8 Å². The number of hydrogen-bond donors (Lipinski definition) is 3. The highest BCUT2D eigenvalue weighted by Crippen LogP contribution is 2.12. The number of hydrazine groups is 1. The van der Waals surface area contributed by atoms with Crippen LogP contribution in [-0.2, 0) is 16.6 Å². The molecule has 2 heterocycles. The first kappa shape index (κ1) is 21.0. The second-order valence-corrected chi connectivity index (χ2v) is 7.17. The Balaban J connectivity index is 1.50. The summed E-state index contributed by atoms with van der Waals surface area (Å²) in [6.07, 6.45) is 0. The largest absolute Gasteiger partial charge is 0.360 e. The molecule has 3 amide bonds. The Labute approximate surface area is 174 Å². The van der Waals surface area contributed by atoms with Gasteiger partial charge in [-0.25, -0.2) is 4.68 Å². The smallest absolute Gasteiger partial charge is 0.290 e. The van der Waals surface area contributed by atoms with E-state index in [1.807, 2.05) is 0 Å². The van der Waals surface area contributed by atoms with Crippen molar-refractivity contribution in [1.82, 2.24) is 25.8 Å². The Morgan fingerprint density at radius 3 is 2.50 bits per heavy atom. The van der Waals surface area contributed by atoms with Crippen LogP contribution in [0.5, 0.6) is 0 Å². The molecule has 0 aliphatic heterocycles. The lowest BCUT2D eigenvalue weighted by Crippen LogP contribution is -2.43. The molecule has 0 saturated carbocycles. The van der Waals surface area contributed by atoms with Gasteiger partial charge in [-0.3, -0.25) is 30.0 Å². The lowest BCUT2D eigenvalue weighted by Gasteiger charge is -2.10. The molecule has 30 heavy (non-hydrogen) atoms. The van der Waals surface area contributed by atoms with E-state index in [1.54, 1.807) is 37.3 Å². The van der Waals surface area contributed by atoms with Gasteiger partial charge in [0.2, 0.25) is 11.8 Å². The number of nitrogens with one attached hydrogen (secondary N) is 3. The quantitative estimate of drug-likeness (QED) is 0.475. The molecule has 2 aromatic heterocycles. The van der Waals surface area contributed by atoms with Crippen molar-refractivity contribution in [1.29, 1.82) is 0 Å². The maximum Gasteiger partial charge on any atom is 0.290 e. The summed E-state index contributed by atoms with van der Waals surface area (Å²) in [6, 6.07) is 8.13. The van der Waals surface area contributed by atoms with E-state index < -0.39 is 11.8 Å². The lowest BCUT2D eigenvalue weighted by atomic mass is 10.1. The van der Waals surface area contributed by atoms with Crippen LogP contribution in [-0.4, -0.2) is 44.2 Å². The van der Waals surface area contributed by atoms with Gasteiger partial charge < -0.3 is 9.84 Å². The highest BCUT2D eigenvalue weighted by molar-refractivity contribution is 8.00. The van der Waals surface area contributed by atoms with E-state index in [1.165, 1.54) is 7.05 Å². The Morgan fingerprint density at radius 1 is 1.10 bits per heavy atom. The number of carbonyl (C=O) groups is 3. The van der Waals surface area contributed by atoms with Crippen molar-refractivity contribution in [2.75, 3.05) is 16.8 Å². The molecule has 11 nitrogen and oxygen atoms in total. The first-order valence-corrected chi connectivity index (χ1v) is 9.87. The van der Waals surface area contributed by atoms with Crippen molar-refractivity contribution in [2.24, 2.45) is 7.05 Å².